The SMILES string of the molecule is O=C(O)C1=CN2C=Cc3cc4c(cc3C2=CC1)OC=CCO4. The van der Waals surface area contributed by atoms with E-state index in [4.69, 9.17) is 14.6 Å². The first-order chi connectivity index (χ1) is 10.7. The van der Waals surface area contributed by atoms with Crippen LogP contribution in [0.4, 0.5) is 0 Å². The fraction of sp³-hybridized carbons (Fsp3) is 0.118. The van der Waals surface area contributed by atoms with Gasteiger partial charge in [-0.3, -0.25) is 0 Å². The number of carboxylic acids is 1. The lowest BCUT2D eigenvalue weighted by Gasteiger charge is -2.29. The van der Waals surface area contributed by atoms with Crippen molar-refractivity contribution in [3.05, 3.63) is 59.6 Å². The Labute approximate surface area is 127 Å². The molecular formula is C17H13NO4. The number of carbonyl (C=O) groups is 1. The zero-order valence-corrected chi connectivity index (χ0v) is 11.7. The van der Waals surface area contributed by atoms with Crippen molar-refractivity contribution in [2.45, 2.75) is 6.42 Å². The van der Waals surface area contributed by atoms with Crippen LogP contribution in [0.3, 0.4) is 0 Å². The van der Waals surface area contributed by atoms with Gasteiger partial charge in [0.2, 0.25) is 0 Å². The number of ether oxygens (including phenoxy) is 2. The second-order valence-corrected chi connectivity index (χ2v) is 5.16. The molecule has 0 fully saturated rings. The number of carboxylic acid groups (broad SMARTS) is 1. The van der Waals surface area contributed by atoms with Crippen molar-refractivity contribution >= 4 is 17.7 Å². The zero-order valence-electron chi connectivity index (χ0n) is 11.7. The Morgan fingerprint density at radius 3 is 3.05 bits per heavy atom. The molecule has 0 bridgehead atoms. The lowest BCUT2D eigenvalue weighted by molar-refractivity contribution is -0.132. The first kappa shape index (κ1) is 12.8. The highest BCUT2D eigenvalue weighted by atomic mass is 16.5. The van der Waals surface area contributed by atoms with E-state index < -0.39 is 5.97 Å². The monoisotopic (exact) mass is 295 g/mol. The normalized spacial score (nSPS) is 17.9. The van der Waals surface area contributed by atoms with E-state index in [1.165, 1.54) is 0 Å². The Hall–Kier alpha value is -2.95. The third-order valence-electron chi connectivity index (χ3n) is 3.80. The van der Waals surface area contributed by atoms with Crippen LogP contribution in [0.1, 0.15) is 17.5 Å². The van der Waals surface area contributed by atoms with E-state index >= 15 is 0 Å². The van der Waals surface area contributed by atoms with Crippen LogP contribution < -0.4 is 9.47 Å². The largest absolute Gasteiger partial charge is 0.485 e. The van der Waals surface area contributed by atoms with Crippen molar-refractivity contribution < 1.29 is 19.4 Å². The summed E-state index contributed by atoms with van der Waals surface area (Å²) >= 11 is 0. The molecule has 1 aromatic rings. The average molecular weight is 295 g/mol. The molecule has 3 heterocycles. The van der Waals surface area contributed by atoms with Gasteiger partial charge in [0.05, 0.1) is 11.8 Å². The minimum Gasteiger partial charge on any atom is -0.485 e. The lowest BCUT2D eigenvalue weighted by atomic mass is 9.96. The van der Waals surface area contributed by atoms with Crippen molar-refractivity contribution in [3.63, 3.8) is 0 Å². The smallest absolute Gasteiger partial charge is 0.333 e. The van der Waals surface area contributed by atoms with Crippen molar-refractivity contribution in [2.75, 3.05) is 6.61 Å². The van der Waals surface area contributed by atoms with Crippen molar-refractivity contribution in [2.24, 2.45) is 0 Å². The fourth-order valence-corrected chi connectivity index (χ4v) is 2.72. The van der Waals surface area contributed by atoms with Crippen LogP contribution in [0.15, 0.2) is 48.5 Å². The van der Waals surface area contributed by atoms with Gasteiger partial charge in [-0.15, -0.1) is 0 Å². The summed E-state index contributed by atoms with van der Waals surface area (Å²) in [5.74, 6) is 0.481. The highest BCUT2D eigenvalue weighted by Crippen LogP contribution is 2.40. The van der Waals surface area contributed by atoms with E-state index in [0.717, 1.165) is 16.8 Å². The van der Waals surface area contributed by atoms with Crippen LogP contribution in [-0.4, -0.2) is 22.6 Å². The number of nitrogens with zero attached hydrogens (tertiary/aromatic N) is 1. The Balaban J connectivity index is 1.78. The molecule has 0 aromatic heterocycles. The van der Waals surface area contributed by atoms with Crippen molar-refractivity contribution in [3.8, 4) is 11.5 Å². The van der Waals surface area contributed by atoms with Crippen LogP contribution >= 0.6 is 0 Å². The van der Waals surface area contributed by atoms with E-state index in [0.29, 0.717) is 30.1 Å². The van der Waals surface area contributed by atoms with Crippen LogP contribution in [0, 0.1) is 0 Å². The molecular weight excluding hydrogens is 282 g/mol. The van der Waals surface area contributed by atoms with Gasteiger partial charge in [-0.25, -0.2) is 4.79 Å². The van der Waals surface area contributed by atoms with Gasteiger partial charge >= 0.3 is 5.97 Å². The minimum absolute atomic E-state index is 0.370. The maximum atomic E-state index is 11.1. The van der Waals surface area contributed by atoms with Gasteiger partial charge in [-0.1, -0.05) is 6.08 Å². The van der Waals surface area contributed by atoms with Crippen LogP contribution in [0.2, 0.25) is 0 Å². The van der Waals surface area contributed by atoms with Crippen molar-refractivity contribution in [1.29, 1.82) is 0 Å². The number of aliphatic carboxylic acids is 1. The first-order valence-corrected chi connectivity index (χ1v) is 6.96. The number of benzene rings is 1. The fourth-order valence-electron chi connectivity index (χ4n) is 2.72. The van der Waals surface area contributed by atoms with Crippen LogP contribution in [-0.2, 0) is 4.79 Å². The third-order valence-corrected chi connectivity index (χ3v) is 3.80. The molecule has 22 heavy (non-hydrogen) atoms. The number of hydrogen-bond donors (Lipinski definition) is 1. The van der Waals surface area contributed by atoms with Gasteiger partial charge in [0.25, 0.3) is 0 Å². The zero-order chi connectivity index (χ0) is 15.1. The molecule has 0 spiro atoms. The summed E-state index contributed by atoms with van der Waals surface area (Å²) in [5, 5.41) is 9.12. The van der Waals surface area contributed by atoms with Gasteiger partial charge in [0.15, 0.2) is 11.5 Å². The number of fused-ring (bicyclic) bond motifs is 4. The summed E-state index contributed by atoms with van der Waals surface area (Å²) in [6, 6.07) is 3.88. The Morgan fingerprint density at radius 1 is 1.27 bits per heavy atom. The number of allylic oxidation sites excluding steroid dienone is 1. The molecule has 4 rings (SSSR count). The maximum Gasteiger partial charge on any atom is 0.333 e. The predicted molar refractivity (Wildman–Crippen MR) is 80.9 cm³/mol. The summed E-state index contributed by atoms with van der Waals surface area (Å²) in [5.41, 5.74) is 3.36. The molecule has 1 aromatic carbocycles. The molecule has 0 atom stereocenters. The van der Waals surface area contributed by atoms with Crippen molar-refractivity contribution in [1.82, 2.24) is 4.90 Å². The van der Waals surface area contributed by atoms with Gasteiger partial charge < -0.3 is 19.5 Å². The minimum atomic E-state index is -0.890. The third kappa shape index (κ3) is 1.98. The molecule has 0 aliphatic carbocycles. The molecule has 0 unspecified atom stereocenters. The second-order valence-electron chi connectivity index (χ2n) is 5.16. The molecule has 0 saturated heterocycles. The molecule has 0 radical (unpaired) electrons. The number of hydrogen-bond acceptors (Lipinski definition) is 4. The molecule has 5 nitrogen and oxygen atoms in total. The van der Waals surface area contributed by atoms with Gasteiger partial charge in [-0.05, 0) is 29.8 Å². The Bertz CT molecular complexity index is 786. The Kier molecular flexibility index (Phi) is 2.79. The van der Waals surface area contributed by atoms with Crippen LogP contribution in [0.5, 0.6) is 11.5 Å². The van der Waals surface area contributed by atoms with E-state index in [1.54, 1.807) is 12.5 Å². The van der Waals surface area contributed by atoms with E-state index in [1.807, 2.05) is 41.5 Å². The second kappa shape index (κ2) is 4.80. The summed E-state index contributed by atoms with van der Waals surface area (Å²) in [4.78, 5) is 12.9. The molecule has 110 valence electrons. The maximum absolute atomic E-state index is 11.1. The van der Waals surface area contributed by atoms with E-state index in [2.05, 4.69) is 0 Å². The molecule has 0 amide bonds. The Morgan fingerprint density at radius 2 is 2.18 bits per heavy atom. The molecule has 5 heteroatoms. The average Bonchev–Trinajstić information content (AvgIpc) is 2.77. The predicted octanol–water partition coefficient (Wildman–Crippen LogP) is 2.97. The van der Waals surface area contributed by atoms with Gasteiger partial charge in [0, 0.05) is 30.1 Å². The summed E-state index contributed by atoms with van der Waals surface area (Å²) in [6.07, 6.45) is 11.2. The van der Waals surface area contributed by atoms with Gasteiger partial charge in [-0.2, -0.15) is 0 Å². The molecule has 0 saturated carbocycles. The highest BCUT2D eigenvalue weighted by molar-refractivity contribution is 5.90. The number of rotatable bonds is 1. The van der Waals surface area contributed by atoms with Gasteiger partial charge in [0.1, 0.15) is 6.61 Å². The standard InChI is InChI=1S/C17H13NO4/c19-17(20)12-2-3-14-13-9-16-15(21-6-1-7-22-16)8-11(13)4-5-18(14)10-12/h1,3-5,7-10H,2,6H2,(H,19,20). The lowest BCUT2D eigenvalue weighted by Crippen LogP contribution is -2.19. The quantitative estimate of drug-likeness (QED) is 0.863. The van der Waals surface area contributed by atoms with E-state index in [9.17, 15) is 4.79 Å². The highest BCUT2D eigenvalue weighted by Gasteiger charge is 2.24. The first-order valence-electron chi connectivity index (χ1n) is 6.96. The summed E-state index contributed by atoms with van der Waals surface area (Å²) in [7, 11) is 0. The summed E-state index contributed by atoms with van der Waals surface area (Å²) < 4.78 is 11.2. The molecule has 3 aliphatic heterocycles. The summed E-state index contributed by atoms with van der Waals surface area (Å²) in [6.45, 7) is 0.481. The molecule has 3 aliphatic rings. The van der Waals surface area contributed by atoms with E-state index in [-0.39, 0.29) is 0 Å². The van der Waals surface area contributed by atoms with Crippen LogP contribution in [0.25, 0.3) is 11.8 Å². The molecule has 1 N–H and O–H groups in total. The topological polar surface area (TPSA) is 59.0 Å².